The Hall–Kier alpha value is -2.17. The first-order valence-corrected chi connectivity index (χ1v) is 5.22. The molecule has 1 heterocycles. The molecule has 0 atom stereocenters. The molecule has 0 saturated carbocycles. The maximum absolute atomic E-state index is 11.7. The summed E-state index contributed by atoms with van der Waals surface area (Å²) >= 11 is 0. The first-order chi connectivity index (χ1) is 8.16. The second-order valence-electron chi connectivity index (χ2n) is 3.66. The topological polar surface area (TPSA) is 67.8 Å². The Kier molecular flexibility index (Phi) is 3.18. The monoisotopic (exact) mass is 235 g/mol. The fourth-order valence-electron chi connectivity index (χ4n) is 1.37. The zero-order valence-corrected chi connectivity index (χ0v) is 9.40. The average Bonchev–Trinajstić information content (AvgIpc) is 2.35. The van der Waals surface area contributed by atoms with Gasteiger partial charge in [-0.25, -0.2) is 0 Å². The highest BCUT2D eigenvalue weighted by Gasteiger charge is 2.15. The molecule has 0 saturated heterocycles. The van der Waals surface area contributed by atoms with Crippen molar-refractivity contribution in [2.75, 3.05) is 18.5 Å². The molecule has 2 rings (SSSR count). The highest BCUT2D eigenvalue weighted by molar-refractivity contribution is 6.02. The van der Waals surface area contributed by atoms with Gasteiger partial charge in [0.05, 0.1) is 0 Å². The Labute approximate surface area is 98.7 Å². The van der Waals surface area contributed by atoms with Crippen LogP contribution in [0.1, 0.15) is 5.56 Å². The van der Waals surface area contributed by atoms with E-state index in [0.717, 1.165) is 5.56 Å². The zero-order chi connectivity index (χ0) is 12.3. The Morgan fingerprint density at radius 3 is 2.88 bits per heavy atom. The van der Waals surface area contributed by atoms with E-state index in [1.165, 1.54) is 12.3 Å². The van der Waals surface area contributed by atoms with Crippen molar-refractivity contribution in [1.29, 1.82) is 0 Å². The number of rotatable bonds is 2. The third-order valence-corrected chi connectivity index (χ3v) is 2.34. The van der Waals surface area contributed by atoms with Crippen LogP contribution < -0.4 is 5.32 Å². The van der Waals surface area contributed by atoms with Crippen LogP contribution >= 0.6 is 0 Å². The molecule has 0 fully saturated rings. The lowest BCUT2D eigenvalue weighted by Gasteiger charge is -2.15. The second-order valence-corrected chi connectivity index (χ2v) is 3.66. The lowest BCUT2D eigenvalue weighted by Crippen LogP contribution is -2.21. The summed E-state index contributed by atoms with van der Waals surface area (Å²) in [5.74, 6) is -0.123. The molecular weight excluding hydrogens is 222 g/mol. The van der Waals surface area contributed by atoms with E-state index in [1.54, 1.807) is 19.1 Å². The molecule has 1 aromatic carbocycles. The maximum atomic E-state index is 11.7. The van der Waals surface area contributed by atoms with Gasteiger partial charge in [0.1, 0.15) is 25.2 Å². The van der Waals surface area contributed by atoms with E-state index in [1.807, 2.05) is 0 Å². The summed E-state index contributed by atoms with van der Waals surface area (Å²) in [5, 5.41) is 12.1. The van der Waals surface area contributed by atoms with Crippen molar-refractivity contribution >= 4 is 11.6 Å². The minimum absolute atomic E-state index is 0.135. The number of amides is 1. The summed E-state index contributed by atoms with van der Waals surface area (Å²) in [5.41, 5.74) is 1.26. The molecule has 0 aromatic heterocycles. The van der Waals surface area contributed by atoms with E-state index >= 15 is 0 Å². The molecule has 90 valence electrons. The molecule has 0 bridgehead atoms. The smallest absolute Gasteiger partial charge is 0.294 e. The molecule has 0 unspecified atom stereocenters. The number of carbonyl (C=O) groups excluding carboxylic acids is 1. The van der Waals surface area contributed by atoms with Crippen molar-refractivity contribution < 1.29 is 19.4 Å². The van der Waals surface area contributed by atoms with Gasteiger partial charge in [0, 0.05) is 11.8 Å². The van der Waals surface area contributed by atoms with Crippen LogP contribution in [0.2, 0.25) is 0 Å². The van der Waals surface area contributed by atoms with Gasteiger partial charge >= 0.3 is 0 Å². The molecule has 5 nitrogen and oxygen atoms in total. The van der Waals surface area contributed by atoms with Gasteiger partial charge in [0.2, 0.25) is 5.76 Å². The van der Waals surface area contributed by atoms with Gasteiger partial charge in [0.25, 0.3) is 5.91 Å². The van der Waals surface area contributed by atoms with E-state index in [0.29, 0.717) is 18.9 Å². The number of anilines is 1. The fourth-order valence-corrected chi connectivity index (χ4v) is 1.37. The van der Waals surface area contributed by atoms with Crippen molar-refractivity contribution in [1.82, 2.24) is 0 Å². The third-order valence-electron chi connectivity index (χ3n) is 2.34. The molecule has 0 aliphatic carbocycles. The van der Waals surface area contributed by atoms with E-state index in [9.17, 15) is 9.90 Å². The number of phenolic OH excluding ortho intramolecular Hbond substituents is 1. The van der Waals surface area contributed by atoms with Gasteiger partial charge in [-0.15, -0.1) is 0 Å². The van der Waals surface area contributed by atoms with E-state index < -0.39 is 5.91 Å². The summed E-state index contributed by atoms with van der Waals surface area (Å²) in [6.07, 6.45) is 1.28. The molecule has 1 aliphatic rings. The standard InChI is InChI=1S/C12H13NO4/c1-8-2-3-9(6-10(8)14)13-12(15)11-7-16-4-5-17-11/h2-3,6-7,14H,4-5H2,1H3,(H,13,15). The highest BCUT2D eigenvalue weighted by atomic mass is 16.6. The molecule has 1 aliphatic heterocycles. The number of benzene rings is 1. The second kappa shape index (κ2) is 4.78. The van der Waals surface area contributed by atoms with Gasteiger partial charge in [-0.1, -0.05) is 6.07 Å². The highest BCUT2D eigenvalue weighted by Crippen LogP contribution is 2.21. The largest absolute Gasteiger partial charge is 0.508 e. The fraction of sp³-hybridized carbons (Fsp3) is 0.250. The predicted molar refractivity (Wildman–Crippen MR) is 61.5 cm³/mol. The van der Waals surface area contributed by atoms with Crippen molar-refractivity contribution in [3.05, 3.63) is 35.8 Å². The van der Waals surface area contributed by atoms with Crippen LogP contribution in [0.25, 0.3) is 0 Å². The first kappa shape index (κ1) is 11.3. The number of ether oxygens (including phenoxy) is 2. The Morgan fingerprint density at radius 2 is 2.24 bits per heavy atom. The third kappa shape index (κ3) is 2.69. The minimum Gasteiger partial charge on any atom is -0.508 e. The number of hydrogen-bond donors (Lipinski definition) is 2. The van der Waals surface area contributed by atoms with E-state index in [-0.39, 0.29) is 11.5 Å². The molecular formula is C12H13NO4. The number of phenols is 1. The van der Waals surface area contributed by atoms with E-state index in [4.69, 9.17) is 9.47 Å². The van der Waals surface area contributed by atoms with Gasteiger partial charge in [-0.2, -0.15) is 0 Å². The summed E-state index contributed by atoms with van der Waals surface area (Å²) in [7, 11) is 0. The molecule has 17 heavy (non-hydrogen) atoms. The van der Waals surface area contributed by atoms with Gasteiger partial charge < -0.3 is 19.9 Å². The summed E-state index contributed by atoms with van der Waals surface area (Å²) in [6.45, 7) is 2.59. The predicted octanol–water partition coefficient (Wildman–Crippen LogP) is 1.53. The normalized spacial score (nSPS) is 14.3. The minimum atomic E-state index is -0.395. The Balaban J connectivity index is 2.07. The molecule has 5 heteroatoms. The van der Waals surface area contributed by atoms with Crippen molar-refractivity contribution in [2.45, 2.75) is 6.92 Å². The van der Waals surface area contributed by atoms with Crippen LogP contribution in [-0.4, -0.2) is 24.2 Å². The molecule has 0 radical (unpaired) electrons. The number of aromatic hydroxyl groups is 1. The Morgan fingerprint density at radius 1 is 1.41 bits per heavy atom. The number of carbonyl (C=O) groups is 1. The Bertz CT molecular complexity index is 468. The van der Waals surface area contributed by atoms with Crippen LogP contribution in [0.4, 0.5) is 5.69 Å². The van der Waals surface area contributed by atoms with Crippen LogP contribution in [-0.2, 0) is 14.3 Å². The van der Waals surface area contributed by atoms with E-state index in [2.05, 4.69) is 5.32 Å². The van der Waals surface area contributed by atoms with Gasteiger partial charge in [-0.05, 0) is 18.6 Å². The van der Waals surface area contributed by atoms with Crippen LogP contribution in [0.5, 0.6) is 5.75 Å². The molecule has 2 N–H and O–H groups in total. The number of hydrogen-bond acceptors (Lipinski definition) is 4. The summed E-state index contributed by atoms with van der Waals surface area (Å²) < 4.78 is 10.1. The van der Waals surface area contributed by atoms with Crippen molar-refractivity contribution in [3.63, 3.8) is 0 Å². The summed E-state index contributed by atoms with van der Waals surface area (Å²) in [4.78, 5) is 11.7. The molecule has 1 aromatic rings. The SMILES string of the molecule is Cc1ccc(NC(=O)C2=COCCO2)cc1O. The van der Waals surface area contributed by atoms with Crippen LogP contribution in [0.3, 0.4) is 0 Å². The number of aryl methyl sites for hydroxylation is 1. The van der Waals surface area contributed by atoms with Crippen LogP contribution in [0, 0.1) is 6.92 Å². The van der Waals surface area contributed by atoms with Gasteiger partial charge in [0.15, 0.2) is 0 Å². The average molecular weight is 235 g/mol. The zero-order valence-electron chi connectivity index (χ0n) is 9.40. The van der Waals surface area contributed by atoms with Gasteiger partial charge in [-0.3, -0.25) is 4.79 Å². The maximum Gasteiger partial charge on any atom is 0.294 e. The van der Waals surface area contributed by atoms with Crippen molar-refractivity contribution in [3.8, 4) is 5.75 Å². The first-order valence-electron chi connectivity index (χ1n) is 5.22. The quantitative estimate of drug-likeness (QED) is 0.815. The molecule has 1 amide bonds. The molecule has 0 spiro atoms. The van der Waals surface area contributed by atoms with Crippen LogP contribution in [0.15, 0.2) is 30.2 Å². The number of nitrogens with one attached hydrogen (secondary N) is 1. The van der Waals surface area contributed by atoms with Crippen molar-refractivity contribution in [2.24, 2.45) is 0 Å². The lowest BCUT2D eigenvalue weighted by atomic mass is 10.2. The lowest BCUT2D eigenvalue weighted by molar-refractivity contribution is -0.117. The summed E-state index contributed by atoms with van der Waals surface area (Å²) in [6, 6.07) is 4.91.